The molecule has 3 rings (SSSR count). The quantitative estimate of drug-likeness (QED) is 0.875. The van der Waals surface area contributed by atoms with Crippen molar-refractivity contribution in [1.29, 1.82) is 0 Å². The summed E-state index contributed by atoms with van der Waals surface area (Å²) in [5, 5.41) is 0. The maximum absolute atomic E-state index is 12.9. The van der Waals surface area contributed by atoms with Crippen LogP contribution in [0.2, 0.25) is 0 Å². The van der Waals surface area contributed by atoms with Crippen molar-refractivity contribution in [2.75, 3.05) is 14.2 Å². The maximum Gasteiger partial charge on any atom is 0.260 e. The molecule has 25 heavy (non-hydrogen) atoms. The number of carbonyl (C=O) groups is 1. The number of nitrogens with zero attached hydrogens (tertiary/aromatic N) is 1. The molecule has 1 saturated carbocycles. The standard InChI is InChI=1S/C19H22N2O4/c1-12-4-9-16(18(22)20-12)19(23)21(14-6-7-14)11-13-5-8-15(24-2)10-17(13)25-3/h4-5,8-10,14H,6-7,11H2,1-3H3,(H,20,22). The number of rotatable bonds is 6. The summed E-state index contributed by atoms with van der Waals surface area (Å²) in [6.45, 7) is 2.18. The van der Waals surface area contributed by atoms with Gasteiger partial charge in [-0.1, -0.05) is 0 Å². The lowest BCUT2D eigenvalue weighted by molar-refractivity contribution is 0.0727. The first-order valence-electron chi connectivity index (χ1n) is 8.25. The lowest BCUT2D eigenvalue weighted by Crippen LogP contribution is -2.36. The summed E-state index contributed by atoms with van der Waals surface area (Å²) in [5.74, 6) is 1.11. The molecular weight excluding hydrogens is 320 g/mol. The Morgan fingerprint density at radius 2 is 1.96 bits per heavy atom. The number of aromatic nitrogens is 1. The molecule has 2 aromatic rings. The fourth-order valence-electron chi connectivity index (χ4n) is 2.81. The van der Waals surface area contributed by atoms with Crippen molar-refractivity contribution in [3.63, 3.8) is 0 Å². The van der Waals surface area contributed by atoms with E-state index in [0.717, 1.165) is 24.1 Å². The minimum atomic E-state index is -0.350. The van der Waals surface area contributed by atoms with E-state index in [9.17, 15) is 9.59 Å². The van der Waals surface area contributed by atoms with Crippen LogP contribution < -0.4 is 15.0 Å². The highest BCUT2D eigenvalue weighted by Crippen LogP contribution is 2.32. The summed E-state index contributed by atoms with van der Waals surface area (Å²) in [5.41, 5.74) is 1.44. The molecule has 1 aromatic carbocycles. The molecule has 1 fully saturated rings. The molecule has 6 heteroatoms. The molecular formula is C19H22N2O4. The van der Waals surface area contributed by atoms with Gasteiger partial charge in [0.15, 0.2) is 0 Å². The molecule has 1 aliphatic rings. The number of methoxy groups -OCH3 is 2. The largest absolute Gasteiger partial charge is 0.497 e. The average molecular weight is 342 g/mol. The predicted octanol–water partition coefficient (Wildman–Crippen LogP) is 2.51. The molecule has 132 valence electrons. The summed E-state index contributed by atoms with van der Waals surface area (Å²) in [4.78, 5) is 29.5. The van der Waals surface area contributed by atoms with Crippen molar-refractivity contribution in [3.8, 4) is 11.5 Å². The van der Waals surface area contributed by atoms with Crippen LogP contribution in [0.4, 0.5) is 0 Å². The van der Waals surface area contributed by atoms with Gasteiger partial charge in [0.05, 0.1) is 14.2 Å². The number of H-pyrrole nitrogens is 1. The van der Waals surface area contributed by atoms with E-state index in [0.29, 0.717) is 18.0 Å². The minimum Gasteiger partial charge on any atom is -0.497 e. The molecule has 1 N–H and O–H groups in total. The maximum atomic E-state index is 12.9. The Morgan fingerprint density at radius 1 is 1.20 bits per heavy atom. The fraction of sp³-hybridized carbons (Fsp3) is 0.368. The lowest BCUT2D eigenvalue weighted by Gasteiger charge is -2.23. The molecule has 0 saturated heterocycles. The monoisotopic (exact) mass is 342 g/mol. The van der Waals surface area contributed by atoms with Gasteiger partial charge >= 0.3 is 0 Å². The van der Waals surface area contributed by atoms with Crippen LogP contribution in [0.3, 0.4) is 0 Å². The third-order valence-corrected chi connectivity index (χ3v) is 4.37. The number of benzene rings is 1. The van der Waals surface area contributed by atoms with Gasteiger partial charge in [0, 0.05) is 29.9 Å². The molecule has 0 spiro atoms. The highest BCUT2D eigenvalue weighted by atomic mass is 16.5. The van der Waals surface area contributed by atoms with Gasteiger partial charge in [0.25, 0.3) is 11.5 Å². The number of aromatic amines is 1. The van der Waals surface area contributed by atoms with Gasteiger partial charge in [0.1, 0.15) is 17.1 Å². The Labute approximate surface area is 146 Å². The van der Waals surface area contributed by atoms with E-state index in [4.69, 9.17) is 9.47 Å². The van der Waals surface area contributed by atoms with Gasteiger partial charge in [-0.2, -0.15) is 0 Å². The Kier molecular flexibility index (Phi) is 4.79. The van der Waals surface area contributed by atoms with Crippen molar-refractivity contribution in [2.24, 2.45) is 0 Å². The summed E-state index contributed by atoms with van der Waals surface area (Å²) in [7, 11) is 3.18. The third kappa shape index (κ3) is 3.68. The number of aryl methyl sites for hydroxylation is 1. The summed E-state index contributed by atoms with van der Waals surface area (Å²) >= 11 is 0. The predicted molar refractivity (Wildman–Crippen MR) is 94.2 cm³/mol. The first-order chi connectivity index (χ1) is 12.0. The van der Waals surface area contributed by atoms with Gasteiger partial charge in [-0.05, 0) is 44.0 Å². The summed E-state index contributed by atoms with van der Waals surface area (Å²) in [6, 6.07) is 9.03. The Hall–Kier alpha value is -2.76. The smallest absolute Gasteiger partial charge is 0.260 e. The van der Waals surface area contributed by atoms with Crippen LogP contribution >= 0.6 is 0 Å². The molecule has 0 aliphatic heterocycles. The van der Waals surface area contributed by atoms with Crippen LogP contribution in [-0.4, -0.2) is 36.1 Å². The first-order valence-corrected chi connectivity index (χ1v) is 8.25. The number of ether oxygens (including phenoxy) is 2. The van der Waals surface area contributed by atoms with Crippen LogP contribution in [-0.2, 0) is 6.54 Å². The molecule has 0 radical (unpaired) electrons. The SMILES string of the molecule is COc1ccc(CN(C(=O)c2ccc(C)[nH]c2=O)C2CC2)c(OC)c1. The molecule has 0 unspecified atom stereocenters. The van der Waals surface area contributed by atoms with Crippen molar-refractivity contribution in [1.82, 2.24) is 9.88 Å². The Morgan fingerprint density at radius 3 is 2.56 bits per heavy atom. The minimum absolute atomic E-state index is 0.167. The zero-order valence-electron chi connectivity index (χ0n) is 14.7. The average Bonchev–Trinajstić information content (AvgIpc) is 3.44. The van der Waals surface area contributed by atoms with Crippen LogP contribution in [0.15, 0.2) is 35.1 Å². The lowest BCUT2D eigenvalue weighted by atomic mass is 10.1. The van der Waals surface area contributed by atoms with Gasteiger partial charge in [-0.25, -0.2) is 0 Å². The Bertz CT molecular complexity index is 840. The molecule has 0 bridgehead atoms. The van der Waals surface area contributed by atoms with Crippen molar-refractivity contribution in [2.45, 2.75) is 32.4 Å². The Balaban J connectivity index is 1.90. The fourth-order valence-corrected chi connectivity index (χ4v) is 2.81. The van der Waals surface area contributed by atoms with Gasteiger partial charge < -0.3 is 19.4 Å². The molecule has 1 amide bonds. The number of pyridine rings is 1. The highest BCUT2D eigenvalue weighted by molar-refractivity contribution is 5.94. The van der Waals surface area contributed by atoms with E-state index >= 15 is 0 Å². The molecule has 6 nitrogen and oxygen atoms in total. The van der Waals surface area contributed by atoms with Gasteiger partial charge in [0.2, 0.25) is 0 Å². The van der Waals surface area contributed by atoms with Crippen molar-refractivity contribution in [3.05, 3.63) is 57.5 Å². The first kappa shape index (κ1) is 17.1. The third-order valence-electron chi connectivity index (χ3n) is 4.37. The van der Waals surface area contributed by atoms with Gasteiger partial charge in [-0.3, -0.25) is 9.59 Å². The highest BCUT2D eigenvalue weighted by Gasteiger charge is 2.34. The number of hydrogen-bond acceptors (Lipinski definition) is 4. The van der Waals surface area contributed by atoms with E-state index in [1.165, 1.54) is 0 Å². The van der Waals surface area contributed by atoms with Crippen LogP contribution in [0.1, 0.15) is 34.5 Å². The van der Waals surface area contributed by atoms with Crippen molar-refractivity contribution >= 4 is 5.91 Å². The summed E-state index contributed by atoms with van der Waals surface area (Å²) < 4.78 is 10.6. The number of nitrogens with one attached hydrogen (secondary N) is 1. The number of hydrogen-bond donors (Lipinski definition) is 1. The number of carbonyl (C=O) groups excluding carboxylic acids is 1. The molecule has 1 aliphatic carbocycles. The van der Waals surface area contributed by atoms with E-state index in [-0.39, 0.29) is 23.1 Å². The van der Waals surface area contributed by atoms with Crippen LogP contribution in [0.5, 0.6) is 11.5 Å². The number of amides is 1. The second kappa shape index (κ2) is 7.01. The summed E-state index contributed by atoms with van der Waals surface area (Å²) in [6.07, 6.45) is 1.90. The van der Waals surface area contributed by atoms with Crippen LogP contribution in [0, 0.1) is 6.92 Å². The van der Waals surface area contributed by atoms with E-state index in [1.807, 2.05) is 12.1 Å². The molecule has 1 aromatic heterocycles. The van der Waals surface area contributed by atoms with Crippen LogP contribution in [0.25, 0.3) is 0 Å². The molecule has 1 heterocycles. The zero-order chi connectivity index (χ0) is 18.0. The normalized spacial score (nSPS) is 13.4. The second-order valence-electron chi connectivity index (χ2n) is 6.23. The van der Waals surface area contributed by atoms with Gasteiger partial charge in [-0.15, -0.1) is 0 Å². The van der Waals surface area contributed by atoms with Crippen molar-refractivity contribution < 1.29 is 14.3 Å². The molecule has 0 atom stereocenters. The van der Waals surface area contributed by atoms with E-state index in [1.54, 1.807) is 44.2 Å². The van der Waals surface area contributed by atoms with E-state index in [2.05, 4.69) is 4.98 Å². The van der Waals surface area contributed by atoms with E-state index < -0.39 is 0 Å². The topological polar surface area (TPSA) is 71.6 Å². The second-order valence-corrected chi connectivity index (χ2v) is 6.23. The zero-order valence-corrected chi connectivity index (χ0v) is 14.7.